The Morgan fingerprint density at radius 3 is 2.67 bits per heavy atom. The van der Waals surface area contributed by atoms with Crippen LogP contribution in [0.2, 0.25) is 0 Å². The van der Waals surface area contributed by atoms with Crippen molar-refractivity contribution in [2.75, 3.05) is 20.3 Å². The van der Waals surface area contributed by atoms with Crippen molar-refractivity contribution in [1.29, 1.82) is 0 Å². The minimum atomic E-state index is -0.144. The fraction of sp³-hybridized carbons (Fsp3) is 0.407. The third kappa shape index (κ3) is 5.63. The van der Waals surface area contributed by atoms with Crippen molar-refractivity contribution in [3.8, 4) is 17.2 Å². The van der Waals surface area contributed by atoms with Crippen LogP contribution < -0.4 is 4.74 Å². The zero-order valence-corrected chi connectivity index (χ0v) is 19.7. The minimum absolute atomic E-state index is 0.136. The van der Waals surface area contributed by atoms with Crippen LogP contribution in [0.15, 0.2) is 52.9 Å². The molecule has 1 aromatic heterocycles. The summed E-state index contributed by atoms with van der Waals surface area (Å²) in [5, 5.41) is 0. The highest BCUT2D eigenvalue weighted by atomic mass is 16.5. The van der Waals surface area contributed by atoms with Gasteiger partial charge in [0.15, 0.2) is 0 Å². The molecule has 1 aliphatic rings. The lowest BCUT2D eigenvalue weighted by atomic mass is 10.0. The number of methoxy groups -OCH3 is 1. The number of oxazole rings is 1. The number of hydrogen-bond donors (Lipinski definition) is 0. The van der Waals surface area contributed by atoms with E-state index in [4.69, 9.17) is 13.9 Å². The summed E-state index contributed by atoms with van der Waals surface area (Å²) in [5.41, 5.74) is 4.24. The second-order valence-corrected chi connectivity index (χ2v) is 8.58. The van der Waals surface area contributed by atoms with Gasteiger partial charge in [-0.2, -0.15) is 0 Å². The van der Waals surface area contributed by atoms with Gasteiger partial charge in [0.1, 0.15) is 17.6 Å². The predicted molar refractivity (Wildman–Crippen MR) is 127 cm³/mol. The third-order valence-corrected chi connectivity index (χ3v) is 6.27. The van der Waals surface area contributed by atoms with Crippen molar-refractivity contribution >= 4 is 5.97 Å². The molecule has 2 aromatic carbocycles. The molecule has 1 aliphatic heterocycles. The lowest BCUT2D eigenvalue weighted by molar-refractivity contribution is -0.148. The molecule has 0 saturated carbocycles. The van der Waals surface area contributed by atoms with Gasteiger partial charge in [-0.25, -0.2) is 4.98 Å². The highest BCUT2D eigenvalue weighted by Crippen LogP contribution is 2.25. The van der Waals surface area contributed by atoms with Gasteiger partial charge in [-0.3, -0.25) is 9.69 Å². The normalized spacial score (nSPS) is 16.5. The molecule has 0 unspecified atom stereocenters. The van der Waals surface area contributed by atoms with E-state index in [1.165, 1.54) is 7.11 Å². The van der Waals surface area contributed by atoms with E-state index in [1.807, 2.05) is 37.3 Å². The smallest absolute Gasteiger partial charge is 0.323 e. The van der Waals surface area contributed by atoms with Gasteiger partial charge in [0.05, 0.1) is 19.4 Å². The van der Waals surface area contributed by atoms with Gasteiger partial charge in [-0.05, 0) is 62.6 Å². The molecule has 0 amide bonds. The van der Waals surface area contributed by atoms with Crippen LogP contribution in [0.1, 0.15) is 41.8 Å². The van der Waals surface area contributed by atoms with E-state index >= 15 is 0 Å². The van der Waals surface area contributed by atoms with Crippen molar-refractivity contribution in [1.82, 2.24) is 9.88 Å². The summed E-state index contributed by atoms with van der Waals surface area (Å²) in [7, 11) is 1.46. The summed E-state index contributed by atoms with van der Waals surface area (Å²) >= 11 is 0. The summed E-state index contributed by atoms with van der Waals surface area (Å²) in [6.45, 7) is 6.18. The largest absolute Gasteiger partial charge is 0.493 e. The number of carbonyl (C=O) groups excluding carboxylic acids is 1. The highest BCUT2D eigenvalue weighted by molar-refractivity contribution is 5.75. The lowest BCUT2D eigenvalue weighted by Gasteiger charge is -2.33. The van der Waals surface area contributed by atoms with Gasteiger partial charge >= 0.3 is 5.97 Å². The number of carbonyl (C=O) groups is 1. The quantitative estimate of drug-likeness (QED) is 0.446. The van der Waals surface area contributed by atoms with E-state index < -0.39 is 0 Å². The standard InChI is InChI=1S/C27H32N2O4/c1-19-8-4-5-9-23(19)26-28-24(20(2)33-26)15-17-32-22-13-11-21(12-14-22)18-29-16-7-6-10-25(29)27(30)31-3/h4-5,8-9,11-14,25H,6-7,10,15-18H2,1-3H3/t25-/m1/s1. The first-order valence-electron chi connectivity index (χ1n) is 11.6. The number of rotatable bonds is 8. The van der Waals surface area contributed by atoms with E-state index in [1.54, 1.807) is 0 Å². The number of piperidine rings is 1. The number of ether oxygens (including phenoxy) is 2. The highest BCUT2D eigenvalue weighted by Gasteiger charge is 2.29. The third-order valence-electron chi connectivity index (χ3n) is 6.27. The van der Waals surface area contributed by atoms with Crippen molar-refractivity contribution in [3.05, 3.63) is 71.1 Å². The van der Waals surface area contributed by atoms with Gasteiger partial charge in [0.2, 0.25) is 5.89 Å². The average molecular weight is 449 g/mol. The Morgan fingerprint density at radius 2 is 1.91 bits per heavy atom. The van der Waals surface area contributed by atoms with E-state index in [0.717, 1.165) is 66.2 Å². The monoisotopic (exact) mass is 448 g/mol. The molecule has 1 fully saturated rings. The van der Waals surface area contributed by atoms with Crippen molar-refractivity contribution in [3.63, 3.8) is 0 Å². The summed E-state index contributed by atoms with van der Waals surface area (Å²) < 4.78 is 16.8. The second-order valence-electron chi connectivity index (χ2n) is 8.58. The predicted octanol–water partition coefficient (Wildman–Crippen LogP) is 5.11. The summed E-state index contributed by atoms with van der Waals surface area (Å²) in [6.07, 6.45) is 3.72. The molecule has 33 heavy (non-hydrogen) atoms. The molecule has 0 spiro atoms. The van der Waals surface area contributed by atoms with Crippen LogP contribution in [-0.4, -0.2) is 42.2 Å². The van der Waals surface area contributed by atoms with E-state index in [0.29, 0.717) is 18.9 Å². The number of hydrogen-bond acceptors (Lipinski definition) is 6. The van der Waals surface area contributed by atoms with Gasteiger partial charge in [-0.1, -0.05) is 36.8 Å². The first-order valence-corrected chi connectivity index (χ1v) is 11.6. The topological polar surface area (TPSA) is 64.8 Å². The van der Waals surface area contributed by atoms with Gasteiger partial charge < -0.3 is 13.9 Å². The molecular formula is C27H32N2O4. The van der Waals surface area contributed by atoms with E-state index in [-0.39, 0.29) is 12.0 Å². The van der Waals surface area contributed by atoms with Crippen molar-refractivity contribution in [2.45, 2.75) is 52.1 Å². The van der Waals surface area contributed by atoms with Crippen LogP contribution >= 0.6 is 0 Å². The molecule has 3 aromatic rings. The molecule has 1 saturated heterocycles. The molecule has 6 nitrogen and oxygen atoms in total. The zero-order valence-electron chi connectivity index (χ0n) is 19.7. The number of esters is 1. The Labute approximate surface area is 195 Å². The van der Waals surface area contributed by atoms with Crippen molar-refractivity contribution < 1.29 is 18.7 Å². The van der Waals surface area contributed by atoms with E-state index in [2.05, 4.69) is 35.0 Å². The van der Waals surface area contributed by atoms with Gasteiger partial charge in [0.25, 0.3) is 0 Å². The molecule has 4 rings (SSSR count). The van der Waals surface area contributed by atoms with Crippen LogP contribution in [0, 0.1) is 13.8 Å². The maximum atomic E-state index is 12.1. The second kappa shape index (κ2) is 10.7. The van der Waals surface area contributed by atoms with Crippen LogP contribution in [0.3, 0.4) is 0 Å². The molecule has 0 aliphatic carbocycles. The molecule has 6 heteroatoms. The molecule has 0 N–H and O–H groups in total. The van der Waals surface area contributed by atoms with Gasteiger partial charge in [-0.15, -0.1) is 0 Å². The number of likely N-dealkylation sites (tertiary alicyclic amines) is 1. The Hall–Kier alpha value is -3.12. The fourth-order valence-electron chi connectivity index (χ4n) is 4.36. The number of benzene rings is 2. The van der Waals surface area contributed by atoms with Crippen LogP contribution in [0.25, 0.3) is 11.5 Å². The fourth-order valence-corrected chi connectivity index (χ4v) is 4.36. The maximum absolute atomic E-state index is 12.1. The molecule has 1 atom stereocenters. The Balaban J connectivity index is 1.31. The molecule has 0 bridgehead atoms. The molecule has 0 radical (unpaired) electrons. The van der Waals surface area contributed by atoms with Crippen LogP contribution in [0.5, 0.6) is 5.75 Å². The van der Waals surface area contributed by atoms with Gasteiger partial charge in [0, 0.05) is 18.5 Å². The van der Waals surface area contributed by atoms with E-state index in [9.17, 15) is 4.79 Å². The lowest BCUT2D eigenvalue weighted by Crippen LogP contribution is -2.44. The first kappa shape index (κ1) is 23.1. The molecular weight excluding hydrogens is 416 g/mol. The average Bonchev–Trinajstić information content (AvgIpc) is 3.20. The number of aromatic nitrogens is 1. The molecule has 174 valence electrons. The van der Waals surface area contributed by atoms with Crippen molar-refractivity contribution in [2.24, 2.45) is 0 Å². The Bertz CT molecular complexity index is 1070. The Morgan fingerprint density at radius 1 is 1.12 bits per heavy atom. The SMILES string of the molecule is COC(=O)[C@H]1CCCCN1Cc1ccc(OCCc2nc(-c3ccccc3C)oc2C)cc1. The summed E-state index contributed by atoms with van der Waals surface area (Å²) in [6, 6.07) is 16.1. The van der Waals surface area contributed by atoms with Crippen LogP contribution in [-0.2, 0) is 22.5 Å². The number of nitrogens with zero attached hydrogens (tertiary/aromatic N) is 2. The first-order chi connectivity index (χ1) is 16.0. The summed E-state index contributed by atoms with van der Waals surface area (Å²) in [5.74, 6) is 2.17. The molecule has 2 heterocycles. The maximum Gasteiger partial charge on any atom is 0.323 e. The number of aryl methyl sites for hydroxylation is 2. The zero-order chi connectivity index (χ0) is 23.2. The minimum Gasteiger partial charge on any atom is -0.493 e. The van der Waals surface area contributed by atoms with Crippen LogP contribution in [0.4, 0.5) is 0 Å². The Kier molecular flexibility index (Phi) is 7.45. The summed E-state index contributed by atoms with van der Waals surface area (Å²) in [4.78, 5) is 19.0.